The van der Waals surface area contributed by atoms with Gasteiger partial charge in [-0.2, -0.15) is 0 Å². The molecule has 1 atom stereocenters. The number of methoxy groups -OCH3 is 3. The summed E-state index contributed by atoms with van der Waals surface area (Å²) in [4.78, 5) is 0. The topological polar surface area (TPSA) is 47.9 Å². The lowest BCUT2D eigenvalue weighted by atomic mass is 10.0. The quantitative estimate of drug-likeness (QED) is 0.823. The van der Waals surface area contributed by atoms with Crippen molar-refractivity contribution < 1.29 is 19.3 Å². The van der Waals surface area contributed by atoms with Gasteiger partial charge in [0.05, 0.1) is 26.9 Å². The summed E-state index contributed by atoms with van der Waals surface area (Å²) in [5.74, 6) is 1.50. The number of ether oxygens (including phenoxy) is 3. The summed E-state index contributed by atoms with van der Waals surface area (Å²) in [6.45, 7) is 2.20. The highest BCUT2D eigenvalue weighted by atomic mass is 16.5. The summed E-state index contributed by atoms with van der Waals surface area (Å²) in [5.41, 5.74) is 1.85. The lowest BCUT2D eigenvalue weighted by molar-refractivity contribution is 0.179. The van der Waals surface area contributed by atoms with Crippen molar-refractivity contribution in [2.45, 2.75) is 26.1 Å². The molecule has 0 aliphatic heterocycles. The fourth-order valence-electron chi connectivity index (χ4n) is 1.84. The Hall–Kier alpha value is -1.26. The molecule has 17 heavy (non-hydrogen) atoms. The van der Waals surface area contributed by atoms with E-state index in [9.17, 15) is 5.11 Å². The van der Waals surface area contributed by atoms with Crippen molar-refractivity contribution in [1.29, 1.82) is 0 Å². The summed E-state index contributed by atoms with van der Waals surface area (Å²) < 4.78 is 15.7. The summed E-state index contributed by atoms with van der Waals surface area (Å²) in [7, 11) is 4.87. The maximum atomic E-state index is 9.48. The monoisotopic (exact) mass is 240 g/mol. The number of hydrogen-bond donors (Lipinski definition) is 1. The normalized spacial score (nSPS) is 12.3. The zero-order chi connectivity index (χ0) is 12.8. The molecule has 0 fully saturated rings. The zero-order valence-electron chi connectivity index (χ0n) is 10.8. The van der Waals surface area contributed by atoms with Gasteiger partial charge in [0.1, 0.15) is 11.5 Å². The molecule has 1 aromatic carbocycles. The Bertz CT molecular complexity index is 361. The van der Waals surface area contributed by atoms with Gasteiger partial charge in [0.25, 0.3) is 0 Å². The van der Waals surface area contributed by atoms with Crippen molar-refractivity contribution in [3.8, 4) is 11.5 Å². The van der Waals surface area contributed by atoms with Gasteiger partial charge >= 0.3 is 0 Å². The minimum Gasteiger partial charge on any atom is -0.497 e. The second-order valence-electron chi connectivity index (χ2n) is 3.97. The molecule has 4 heteroatoms. The molecule has 1 aromatic rings. The fourth-order valence-corrected chi connectivity index (χ4v) is 1.84. The molecule has 1 N–H and O–H groups in total. The number of aliphatic hydroxyl groups is 1. The van der Waals surface area contributed by atoms with Gasteiger partial charge < -0.3 is 19.3 Å². The van der Waals surface area contributed by atoms with E-state index < -0.39 is 6.10 Å². The molecule has 1 rings (SSSR count). The number of rotatable bonds is 6. The van der Waals surface area contributed by atoms with Crippen molar-refractivity contribution in [2.75, 3.05) is 21.3 Å². The van der Waals surface area contributed by atoms with Gasteiger partial charge in [0.2, 0.25) is 0 Å². The number of hydrogen-bond acceptors (Lipinski definition) is 4. The Morgan fingerprint density at radius 2 is 1.76 bits per heavy atom. The highest BCUT2D eigenvalue weighted by molar-refractivity contribution is 5.47. The Morgan fingerprint density at radius 3 is 2.24 bits per heavy atom. The highest BCUT2D eigenvalue weighted by Crippen LogP contribution is 2.30. The first-order chi connectivity index (χ1) is 8.12. The highest BCUT2D eigenvalue weighted by Gasteiger charge is 2.13. The van der Waals surface area contributed by atoms with E-state index in [1.165, 1.54) is 0 Å². The van der Waals surface area contributed by atoms with Crippen molar-refractivity contribution in [2.24, 2.45) is 0 Å². The van der Waals surface area contributed by atoms with Crippen molar-refractivity contribution >= 4 is 0 Å². The van der Waals surface area contributed by atoms with Gasteiger partial charge in [0, 0.05) is 24.7 Å². The zero-order valence-corrected chi connectivity index (χ0v) is 10.8. The summed E-state index contributed by atoms with van der Waals surface area (Å²) in [6.07, 6.45) is 0.100. The molecular formula is C13H20O4. The van der Waals surface area contributed by atoms with Gasteiger partial charge in [-0.3, -0.25) is 0 Å². The van der Waals surface area contributed by atoms with E-state index in [4.69, 9.17) is 14.2 Å². The molecular weight excluding hydrogens is 220 g/mol. The Balaban J connectivity index is 3.18. The van der Waals surface area contributed by atoms with Crippen molar-refractivity contribution in [1.82, 2.24) is 0 Å². The van der Waals surface area contributed by atoms with Crippen molar-refractivity contribution in [3.05, 3.63) is 23.3 Å². The van der Waals surface area contributed by atoms with E-state index in [0.717, 1.165) is 22.6 Å². The molecule has 0 aliphatic rings. The van der Waals surface area contributed by atoms with E-state index in [0.29, 0.717) is 13.0 Å². The molecule has 0 radical (unpaired) electrons. The van der Waals surface area contributed by atoms with Crippen LogP contribution in [0.2, 0.25) is 0 Å². The lowest BCUT2D eigenvalue weighted by Gasteiger charge is -2.16. The smallest absolute Gasteiger partial charge is 0.127 e. The minimum absolute atomic E-state index is 0.425. The Kier molecular flexibility index (Phi) is 5.25. The van der Waals surface area contributed by atoms with E-state index >= 15 is 0 Å². The predicted molar refractivity (Wildman–Crippen MR) is 65.6 cm³/mol. The summed E-state index contributed by atoms with van der Waals surface area (Å²) >= 11 is 0. The van der Waals surface area contributed by atoms with Crippen LogP contribution in [0.1, 0.15) is 18.1 Å². The summed E-state index contributed by atoms with van der Waals surface area (Å²) in [6, 6.07) is 3.76. The van der Waals surface area contributed by atoms with Crippen molar-refractivity contribution in [3.63, 3.8) is 0 Å². The van der Waals surface area contributed by atoms with Crippen LogP contribution in [0.15, 0.2) is 12.1 Å². The molecule has 0 saturated carbocycles. The van der Waals surface area contributed by atoms with Gasteiger partial charge in [-0.15, -0.1) is 0 Å². The molecule has 0 aliphatic carbocycles. The van der Waals surface area contributed by atoms with Crippen LogP contribution in [-0.2, 0) is 17.8 Å². The largest absolute Gasteiger partial charge is 0.497 e. The first-order valence-electron chi connectivity index (χ1n) is 5.53. The van der Waals surface area contributed by atoms with Crippen LogP contribution in [0.4, 0.5) is 0 Å². The van der Waals surface area contributed by atoms with E-state index in [2.05, 4.69) is 0 Å². The van der Waals surface area contributed by atoms with Crippen LogP contribution in [0.3, 0.4) is 0 Å². The molecule has 0 amide bonds. The van der Waals surface area contributed by atoms with Crippen LogP contribution in [-0.4, -0.2) is 32.5 Å². The molecule has 0 heterocycles. The lowest BCUT2D eigenvalue weighted by Crippen LogP contribution is -2.08. The van der Waals surface area contributed by atoms with Crippen LogP contribution >= 0.6 is 0 Å². The SMILES string of the molecule is COCc1cc(OC)cc(CC(C)O)c1OC. The van der Waals surface area contributed by atoms with Gasteiger partial charge in [0.15, 0.2) is 0 Å². The van der Waals surface area contributed by atoms with E-state index in [1.807, 2.05) is 12.1 Å². The Labute approximate surface area is 102 Å². The molecule has 0 saturated heterocycles. The maximum absolute atomic E-state index is 9.48. The number of benzene rings is 1. The van der Waals surface area contributed by atoms with Crippen LogP contribution < -0.4 is 9.47 Å². The predicted octanol–water partition coefficient (Wildman–Crippen LogP) is 1.77. The van der Waals surface area contributed by atoms with Crippen LogP contribution in [0, 0.1) is 0 Å². The third-order valence-electron chi connectivity index (χ3n) is 2.47. The van der Waals surface area contributed by atoms with Gasteiger partial charge in [-0.1, -0.05) is 0 Å². The molecule has 0 bridgehead atoms. The van der Waals surface area contributed by atoms with Gasteiger partial charge in [-0.25, -0.2) is 0 Å². The van der Waals surface area contributed by atoms with Crippen LogP contribution in [0.5, 0.6) is 11.5 Å². The van der Waals surface area contributed by atoms with E-state index in [1.54, 1.807) is 28.3 Å². The second-order valence-corrected chi connectivity index (χ2v) is 3.97. The molecule has 4 nitrogen and oxygen atoms in total. The first-order valence-corrected chi connectivity index (χ1v) is 5.53. The van der Waals surface area contributed by atoms with Gasteiger partial charge in [-0.05, 0) is 19.1 Å². The minimum atomic E-state index is -0.425. The molecule has 96 valence electrons. The standard InChI is InChI=1S/C13H20O4/c1-9(14)5-10-6-12(16-3)7-11(8-15-2)13(10)17-4/h6-7,9,14H,5,8H2,1-4H3. The van der Waals surface area contributed by atoms with E-state index in [-0.39, 0.29) is 0 Å². The average Bonchev–Trinajstić information content (AvgIpc) is 2.28. The average molecular weight is 240 g/mol. The third-order valence-corrected chi connectivity index (χ3v) is 2.47. The number of aliphatic hydroxyl groups excluding tert-OH is 1. The molecule has 0 spiro atoms. The second kappa shape index (κ2) is 6.47. The first kappa shape index (κ1) is 13.8. The molecule has 1 unspecified atom stereocenters. The van der Waals surface area contributed by atoms with Crippen LogP contribution in [0.25, 0.3) is 0 Å². The summed E-state index contributed by atoms with van der Waals surface area (Å²) in [5, 5.41) is 9.48. The maximum Gasteiger partial charge on any atom is 0.127 e. The third kappa shape index (κ3) is 3.61. The molecule has 0 aromatic heterocycles. The Morgan fingerprint density at radius 1 is 1.12 bits per heavy atom. The fraction of sp³-hybridized carbons (Fsp3) is 0.538.